The first-order chi connectivity index (χ1) is 11.0. The fourth-order valence-corrected chi connectivity index (χ4v) is 3.17. The van der Waals surface area contributed by atoms with Crippen molar-refractivity contribution in [1.29, 1.82) is 0 Å². The second-order valence-corrected chi connectivity index (χ2v) is 6.11. The third-order valence-electron chi connectivity index (χ3n) is 4.05. The van der Waals surface area contributed by atoms with Crippen molar-refractivity contribution in [2.75, 3.05) is 11.4 Å². The summed E-state index contributed by atoms with van der Waals surface area (Å²) in [5.74, 6) is -0.886. The zero-order valence-corrected chi connectivity index (χ0v) is 13.2. The van der Waals surface area contributed by atoms with Crippen LogP contribution in [0.2, 0.25) is 5.02 Å². The minimum Gasteiger partial charge on any atom is -0.309 e. The Morgan fingerprint density at radius 2 is 1.91 bits per heavy atom. The number of aryl methyl sites for hydroxylation is 2. The van der Waals surface area contributed by atoms with Gasteiger partial charge in [0, 0.05) is 18.0 Å². The number of amides is 1. The quantitative estimate of drug-likeness (QED) is 0.807. The lowest BCUT2D eigenvalue weighted by Gasteiger charge is -2.30. The minimum absolute atomic E-state index is 0.128. The van der Waals surface area contributed by atoms with Crippen molar-refractivity contribution in [3.8, 4) is 0 Å². The molecular formula is C18H16ClF2NO. The van der Waals surface area contributed by atoms with Gasteiger partial charge in [0.15, 0.2) is 0 Å². The molecule has 0 saturated carbocycles. The van der Waals surface area contributed by atoms with Crippen LogP contribution in [-0.2, 0) is 17.6 Å². The maximum Gasteiger partial charge on any atom is 0.227 e. The summed E-state index contributed by atoms with van der Waals surface area (Å²) >= 11 is 5.89. The van der Waals surface area contributed by atoms with E-state index < -0.39 is 5.82 Å². The second-order valence-electron chi connectivity index (χ2n) is 5.67. The molecule has 0 spiro atoms. The van der Waals surface area contributed by atoms with E-state index in [2.05, 4.69) is 0 Å². The smallest absolute Gasteiger partial charge is 0.227 e. The van der Waals surface area contributed by atoms with Gasteiger partial charge in [-0.3, -0.25) is 4.79 Å². The molecule has 2 nitrogen and oxygen atoms in total. The molecule has 0 aliphatic carbocycles. The molecule has 0 N–H and O–H groups in total. The Morgan fingerprint density at radius 1 is 1.17 bits per heavy atom. The molecule has 1 amide bonds. The van der Waals surface area contributed by atoms with Gasteiger partial charge in [-0.2, -0.15) is 0 Å². The summed E-state index contributed by atoms with van der Waals surface area (Å²) in [4.78, 5) is 14.0. The van der Waals surface area contributed by atoms with Gasteiger partial charge < -0.3 is 4.90 Å². The molecule has 0 saturated heterocycles. The van der Waals surface area contributed by atoms with E-state index in [9.17, 15) is 13.6 Å². The number of carbonyl (C=O) groups excluding carboxylic acids is 1. The highest BCUT2D eigenvalue weighted by Gasteiger charge is 2.26. The molecule has 23 heavy (non-hydrogen) atoms. The van der Waals surface area contributed by atoms with Crippen LogP contribution in [0.25, 0.3) is 0 Å². The Balaban J connectivity index is 1.75. The van der Waals surface area contributed by atoms with E-state index in [1.54, 1.807) is 18.2 Å². The van der Waals surface area contributed by atoms with Crippen molar-refractivity contribution in [3.05, 3.63) is 64.2 Å². The third kappa shape index (κ3) is 3.53. The first-order valence-corrected chi connectivity index (χ1v) is 7.95. The van der Waals surface area contributed by atoms with E-state index in [1.165, 1.54) is 23.1 Å². The van der Waals surface area contributed by atoms with Crippen LogP contribution < -0.4 is 4.90 Å². The summed E-state index contributed by atoms with van der Waals surface area (Å²) in [5, 5.41) is 0.349. The van der Waals surface area contributed by atoms with E-state index in [4.69, 9.17) is 11.6 Å². The van der Waals surface area contributed by atoms with E-state index in [1.807, 2.05) is 0 Å². The monoisotopic (exact) mass is 335 g/mol. The highest BCUT2D eigenvalue weighted by atomic mass is 35.5. The Labute approximate surface area is 138 Å². The van der Waals surface area contributed by atoms with E-state index in [0.29, 0.717) is 30.1 Å². The number of fused-ring (bicyclic) bond motifs is 1. The Kier molecular flexibility index (Phi) is 4.62. The third-order valence-corrected chi connectivity index (χ3v) is 4.26. The fourth-order valence-electron chi connectivity index (χ4n) is 2.94. The maximum absolute atomic E-state index is 14.2. The molecule has 0 fully saturated rings. The number of carbonyl (C=O) groups is 1. The first-order valence-electron chi connectivity index (χ1n) is 7.57. The predicted octanol–water partition coefficient (Wildman–Crippen LogP) is 4.53. The van der Waals surface area contributed by atoms with Gasteiger partial charge in [-0.05, 0) is 54.7 Å². The number of anilines is 1. The number of hydrogen-bond donors (Lipinski definition) is 0. The normalized spacial score (nSPS) is 13.8. The highest BCUT2D eigenvalue weighted by molar-refractivity contribution is 6.30. The molecule has 0 atom stereocenters. The van der Waals surface area contributed by atoms with Crippen LogP contribution in [0.5, 0.6) is 0 Å². The zero-order valence-electron chi connectivity index (χ0n) is 12.5. The van der Waals surface area contributed by atoms with Crippen LogP contribution in [0.4, 0.5) is 14.5 Å². The number of halogens is 3. The molecule has 3 rings (SSSR count). The highest BCUT2D eigenvalue weighted by Crippen LogP contribution is 2.33. The molecule has 2 aromatic carbocycles. The lowest BCUT2D eigenvalue weighted by atomic mass is 10.00. The first kappa shape index (κ1) is 15.9. The van der Waals surface area contributed by atoms with Crippen molar-refractivity contribution in [2.45, 2.75) is 25.7 Å². The Bertz CT molecular complexity index is 731. The molecule has 0 unspecified atom stereocenters. The van der Waals surface area contributed by atoms with E-state index >= 15 is 0 Å². The summed E-state index contributed by atoms with van der Waals surface area (Å²) in [6, 6.07) is 9.03. The van der Waals surface area contributed by atoms with Gasteiger partial charge in [-0.1, -0.05) is 23.7 Å². The molecule has 0 aromatic heterocycles. The summed E-state index contributed by atoms with van der Waals surface area (Å²) in [7, 11) is 0. The predicted molar refractivity (Wildman–Crippen MR) is 86.8 cm³/mol. The number of rotatable bonds is 3. The molecule has 1 aliphatic heterocycles. The molecule has 120 valence electrons. The van der Waals surface area contributed by atoms with Crippen molar-refractivity contribution in [2.24, 2.45) is 0 Å². The second kappa shape index (κ2) is 6.67. The van der Waals surface area contributed by atoms with Gasteiger partial charge in [0.05, 0.1) is 5.69 Å². The molecular weight excluding hydrogens is 320 g/mol. The van der Waals surface area contributed by atoms with Crippen LogP contribution in [-0.4, -0.2) is 12.5 Å². The average molecular weight is 336 g/mol. The van der Waals surface area contributed by atoms with Crippen LogP contribution in [0.3, 0.4) is 0 Å². The van der Waals surface area contributed by atoms with Crippen LogP contribution >= 0.6 is 11.6 Å². The number of benzene rings is 2. The van der Waals surface area contributed by atoms with E-state index in [0.717, 1.165) is 17.5 Å². The molecule has 0 radical (unpaired) electrons. The molecule has 2 aromatic rings. The van der Waals surface area contributed by atoms with Crippen LogP contribution in [0.15, 0.2) is 36.4 Å². The largest absolute Gasteiger partial charge is 0.309 e. The number of hydrogen-bond acceptors (Lipinski definition) is 1. The molecule has 1 aliphatic rings. The Hall–Kier alpha value is -1.94. The van der Waals surface area contributed by atoms with Crippen molar-refractivity contribution in [1.82, 2.24) is 0 Å². The van der Waals surface area contributed by atoms with Crippen molar-refractivity contribution >= 4 is 23.2 Å². The number of nitrogens with zero attached hydrogens (tertiary/aromatic N) is 1. The minimum atomic E-state index is -0.456. The molecule has 1 heterocycles. The zero-order chi connectivity index (χ0) is 16.4. The fraction of sp³-hybridized carbons (Fsp3) is 0.278. The van der Waals surface area contributed by atoms with Crippen LogP contribution in [0, 0.1) is 11.6 Å². The van der Waals surface area contributed by atoms with Gasteiger partial charge >= 0.3 is 0 Å². The van der Waals surface area contributed by atoms with Crippen molar-refractivity contribution < 1.29 is 13.6 Å². The lowest BCUT2D eigenvalue weighted by Crippen LogP contribution is -2.36. The Morgan fingerprint density at radius 3 is 2.65 bits per heavy atom. The van der Waals surface area contributed by atoms with Gasteiger partial charge in [-0.25, -0.2) is 8.78 Å². The van der Waals surface area contributed by atoms with Gasteiger partial charge in [0.1, 0.15) is 11.6 Å². The topological polar surface area (TPSA) is 20.3 Å². The summed E-state index contributed by atoms with van der Waals surface area (Å²) in [6.07, 6.45) is 2.26. The van der Waals surface area contributed by atoms with Gasteiger partial charge in [0.2, 0.25) is 5.91 Å². The SMILES string of the molecule is O=C(CCc1ccc(F)cc1)N1CCCc2cc(Cl)cc(F)c21. The lowest BCUT2D eigenvalue weighted by molar-refractivity contribution is -0.118. The van der Waals surface area contributed by atoms with Crippen molar-refractivity contribution in [3.63, 3.8) is 0 Å². The summed E-state index contributed by atoms with van der Waals surface area (Å²) in [6.45, 7) is 0.508. The molecule has 5 heteroatoms. The standard InChI is InChI=1S/C18H16ClF2NO/c19-14-10-13-2-1-9-22(18(13)16(21)11-14)17(23)8-5-12-3-6-15(20)7-4-12/h3-4,6-7,10-11H,1-2,5,8-9H2. The maximum atomic E-state index is 14.2. The van der Waals surface area contributed by atoms with Crippen LogP contribution in [0.1, 0.15) is 24.0 Å². The summed E-state index contributed by atoms with van der Waals surface area (Å²) < 4.78 is 27.1. The molecule has 0 bridgehead atoms. The van der Waals surface area contributed by atoms with Gasteiger partial charge in [0.25, 0.3) is 0 Å². The van der Waals surface area contributed by atoms with Gasteiger partial charge in [-0.15, -0.1) is 0 Å². The average Bonchev–Trinajstić information content (AvgIpc) is 2.53. The van der Waals surface area contributed by atoms with E-state index in [-0.39, 0.29) is 18.1 Å². The summed E-state index contributed by atoms with van der Waals surface area (Å²) in [5.41, 5.74) is 2.01.